The lowest BCUT2D eigenvalue weighted by molar-refractivity contribution is -0.149. The summed E-state index contributed by atoms with van der Waals surface area (Å²) in [5.41, 5.74) is 0.610. The Morgan fingerprint density at radius 1 is 1.00 bits per heavy atom. The molecule has 1 N–H and O–H groups in total. The van der Waals surface area contributed by atoms with Gasteiger partial charge >= 0.3 is 0 Å². The Bertz CT molecular complexity index is 1180. The van der Waals surface area contributed by atoms with Gasteiger partial charge in [-0.3, -0.25) is 14.4 Å². The van der Waals surface area contributed by atoms with E-state index in [1.165, 1.54) is 0 Å². The van der Waals surface area contributed by atoms with E-state index in [2.05, 4.69) is 0 Å². The predicted octanol–water partition coefficient (Wildman–Crippen LogP) is 2.37. The number of aliphatic hydroxyl groups excluding tert-OH is 1. The van der Waals surface area contributed by atoms with Gasteiger partial charge in [0.05, 0.1) is 17.4 Å². The highest BCUT2D eigenvalue weighted by molar-refractivity contribution is 6.06. The maximum Gasteiger partial charge on any atom is 0.253 e. The van der Waals surface area contributed by atoms with Gasteiger partial charge in [-0.1, -0.05) is 43.4 Å². The fourth-order valence-electron chi connectivity index (χ4n) is 6.74. The number of likely N-dealkylation sites (N-methyl/N-ethyl adjacent to an activating group) is 1. The van der Waals surface area contributed by atoms with Gasteiger partial charge in [-0.05, 0) is 50.3 Å². The molecule has 1 aromatic carbocycles. The molecule has 1 spiro atoms. The first-order valence-electron chi connectivity index (χ1n) is 13.3. The standard InChI is InChI=1S/C29H37N3O5/c1-5-28-12-8-14-30(4)25(34)22(28)23-26(35)32(15-6-7-17-33)24-27(36)31(16-9-13-29(23,24)37-28)21-18-19(2)10-11-20(21)3/h8-13,18,22-24,33H,5-7,14-17H2,1-4H3/t22-,23+,24?,28+,29+/m1/s1. The molecular weight excluding hydrogens is 470 g/mol. The number of fused-ring (bicyclic) bond motifs is 2. The normalized spacial score (nSPS) is 32.9. The molecule has 37 heavy (non-hydrogen) atoms. The van der Waals surface area contributed by atoms with E-state index in [1.54, 1.807) is 21.7 Å². The van der Waals surface area contributed by atoms with Gasteiger partial charge in [-0.15, -0.1) is 0 Å². The SMILES string of the molecule is CC[C@]12C=CCN(C)C(=O)[C@H]1[C@H]1C(=O)N(CCCCO)C3C(=O)N(c4cc(C)ccc4C)CC=C[C@@]31O2. The molecule has 1 unspecified atom stereocenters. The second kappa shape index (κ2) is 9.40. The molecule has 4 aliphatic heterocycles. The van der Waals surface area contributed by atoms with Crippen LogP contribution in [0.1, 0.15) is 37.3 Å². The highest BCUT2D eigenvalue weighted by Crippen LogP contribution is 2.58. The third-order valence-electron chi connectivity index (χ3n) is 8.60. The molecule has 5 rings (SSSR count). The molecule has 8 heteroatoms. The van der Waals surface area contributed by atoms with Crippen LogP contribution in [0.4, 0.5) is 5.69 Å². The lowest BCUT2D eigenvalue weighted by Gasteiger charge is -2.38. The van der Waals surface area contributed by atoms with Crippen molar-refractivity contribution in [1.82, 2.24) is 9.80 Å². The molecular formula is C29H37N3O5. The number of anilines is 1. The summed E-state index contributed by atoms with van der Waals surface area (Å²) in [5.74, 6) is -2.08. The summed E-state index contributed by atoms with van der Waals surface area (Å²) in [6.07, 6.45) is 9.28. The van der Waals surface area contributed by atoms with Gasteiger partial charge in [0.1, 0.15) is 11.6 Å². The van der Waals surface area contributed by atoms with Gasteiger partial charge in [0.2, 0.25) is 11.8 Å². The van der Waals surface area contributed by atoms with E-state index in [1.807, 2.05) is 63.3 Å². The number of amides is 3. The number of aliphatic hydroxyl groups is 1. The second-order valence-corrected chi connectivity index (χ2v) is 10.8. The molecule has 2 fully saturated rings. The Morgan fingerprint density at radius 2 is 1.76 bits per heavy atom. The van der Waals surface area contributed by atoms with E-state index in [0.717, 1.165) is 16.8 Å². The number of hydrogen-bond acceptors (Lipinski definition) is 5. The number of unbranched alkanes of at least 4 members (excludes halogenated alkanes) is 1. The fourth-order valence-corrected chi connectivity index (χ4v) is 6.74. The Kier molecular flexibility index (Phi) is 6.52. The Morgan fingerprint density at radius 3 is 2.49 bits per heavy atom. The summed E-state index contributed by atoms with van der Waals surface area (Å²) in [5, 5.41) is 9.39. The monoisotopic (exact) mass is 507 g/mol. The molecule has 8 nitrogen and oxygen atoms in total. The van der Waals surface area contributed by atoms with Crippen LogP contribution in [0, 0.1) is 25.7 Å². The van der Waals surface area contributed by atoms with E-state index in [0.29, 0.717) is 38.9 Å². The van der Waals surface area contributed by atoms with E-state index in [-0.39, 0.29) is 24.3 Å². The minimum atomic E-state index is -1.25. The zero-order valence-electron chi connectivity index (χ0n) is 22.1. The van der Waals surface area contributed by atoms with Gasteiger partial charge in [0.25, 0.3) is 5.91 Å². The van der Waals surface area contributed by atoms with Crippen molar-refractivity contribution in [3.05, 3.63) is 53.6 Å². The van der Waals surface area contributed by atoms with Crippen molar-refractivity contribution in [3.8, 4) is 0 Å². The molecule has 2 saturated heterocycles. The van der Waals surface area contributed by atoms with Gasteiger partial charge in [-0.2, -0.15) is 0 Å². The largest absolute Gasteiger partial charge is 0.396 e. The smallest absolute Gasteiger partial charge is 0.253 e. The summed E-state index contributed by atoms with van der Waals surface area (Å²) in [6.45, 7) is 7.07. The van der Waals surface area contributed by atoms with Crippen LogP contribution in [-0.2, 0) is 19.1 Å². The first-order valence-corrected chi connectivity index (χ1v) is 13.3. The quantitative estimate of drug-likeness (QED) is 0.472. The second-order valence-electron chi connectivity index (χ2n) is 10.8. The van der Waals surface area contributed by atoms with Crippen molar-refractivity contribution in [2.24, 2.45) is 11.8 Å². The van der Waals surface area contributed by atoms with Crippen molar-refractivity contribution in [1.29, 1.82) is 0 Å². The van der Waals surface area contributed by atoms with Crippen LogP contribution < -0.4 is 4.90 Å². The van der Waals surface area contributed by atoms with Crippen molar-refractivity contribution >= 4 is 23.4 Å². The zero-order chi connectivity index (χ0) is 26.5. The Balaban J connectivity index is 1.66. The first kappa shape index (κ1) is 25.7. The number of likely N-dealkylation sites (tertiary alicyclic amines) is 1. The van der Waals surface area contributed by atoms with Crippen LogP contribution in [0.2, 0.25) is 0 Å². The van der Waals surface area contributed by atoms with Crippen molar-refractivity contribution in [2.45, 2.75) is 57.3 Å². The topological polar surface area (TPSA) is 90.4 Å². The molecule has 0 aromatic heterocycles. The summed E-state index contributed by atoms with van der Waals surface area (Å²) < 4.78 is 6.93. The number of hydrogen-bond donors (Lipinski definition) is 1. The minimum Gasteiger partial charge on any atom is -0.396 e. The maximum atomic E-state index is 14.5. The van der Waals surface area contributed by atoms with E-state index in [9.17, 15) is 19.5 Å². The summed E-state index contributed by atoms with van der Waals surface area (Å²) in [4.78, 5) is 47.4. The third kappa shape index (κ3) is 3.76. The highest BCUT2D eigenvalue weighted by Gasteiger charge is 2.75. The Hall–Kier alpha value is -2.97. The van der Waals surface area contributed by atoms with E-state index >= 15 is 0 Å². The first-order chi connectivity index (χ1) is 17.7. The van der Waals surface area contributed by atoms with Crippen LogP contribution in [0.15, 0.2) is 42.5 Å². The molecule has 0 bridgehead atoms. The van der Waals surface area contributed by atoms with Crippen LogP contribution in [0.5, 0.6) is 0 Å². The lowest BCUT2D eigenvalue weighted by atomic mass is 9.73. The summed E-state index contributed by atoms with van der Waals surface area (Å²) >= 11 is 0. The average Bonchev–Trinajstić information content (AvgIpc) is 3.17. The number of rotatable bonds is 6. The highest BCUT2D eigenvalue weighted by atomic mass is 16.5. The van der Waals surface area contributed by atoms with Gasteiger partial charge in [0.15, 0.2) is 0 Å². The number of aryl methyl sites for hydroxylation is 2. The lowest BCUT2D eigenvalue weighted by Crippen LogP contribution is -2.56. The minimum absolute atomic E-state index is 0.00980. The van der Waals surface area contributed by atoms with E-state index in [4.69, 9.17) is 4.74 Å². The number of carbonyl (C=O) groups is 3. The maximum absolute atomic E-state index is 14.5. The molecule has 0 saturated carbocycles. The number of carbonyl (C=O) groups excluding carboxylic acids is 3. The van der Waals surface area contributed by atoms with Crippen LogP contribution in [0.25, 0.3) is 0 Å². The predicted molar refractivity (Wildman–Crippen MR) is 140 cm³/mol. The number of benzene rings is 1. The van der Waals surface area contributed by atoms with Crippen molar-refractivity contribution in [3.63, 3.8) is 0 Å². The molecule has 1 aromatic rings. The van der Waals surface area contributed by atoms with Gasteiger partial charge < -0.3 is 24.5 Å². The van der Waals surface area contributed by atoms with E-state index < -0.39 is 29.1 Å². The molecule has 0 radical (unpaired) electrons. The zero-order valence-corrected chi connectivity index (χ0v) is 22.1. The fraction of sp³-hybridized carbons (Fsp3) is 0.552. The third-order valence-corrected chi connectivity index (χ3v) is 8.60. The van der Waals surface area contributed by atoms with Crippen LogP contribution in [0.3, 0.4) is 0 Å². The van der Waals surface area contributed by atoms with Crippen molar-refractivity contribution in [2.75, 3.05) is 38.2 Å². The molecule has 3 amide bonds. The van der Waals surface area contributed by atoms with Gasteiger partial charge in [-0.25, -0.2) is 0 Å². The molecule has 4 heterocycles. The molecule has 4 aliphatic rings. The molecule has 198 valence electrons. The average molecular weight is 508 g/mol. The molecule has 0 aliphatic carbocycles. The van der Waals surface area contributed by atoms with Gasteiger partial charge in [0, 0.05) is 39.0 Å². The van der Waals surface area contributed by atoms with Crippen molar-refractivity contribution < 1.29 is 24.2 Å². The number of nitrogens with zero attached hydrogens (tertiary/aromatic N) is 3. The molecule has 5 atom stereocenters. The van der Waals surface area contributed by atoms with Crippen LogP contribution in [-0.4, -0.2) is 83.2 Å². The van der Waals surface area contributed by atoms with Crippen LogP contribution >= 0.6 is 0 Å². The number of ether oxygens (including phenoxy) is 1. The Labute approximate surface area is 218 Å². The summed E-state index contributed by atoms with van der Waals surface area (Å²) in [6, 6.07) is 5.11. The summed E-state index contributed by atoms with van der Waals surface area (Å²) in [7, 11) is 1.75.